The molecule has 0 saturated heterocycles. The number of nitrogens with one attached hydrogen (secondary N) is 1. The quantitative estimate of drug-likeness (QED) is 0.850. The van der Waals surface area contributed by atoms with Crippen molar-refractivity contribution in [3.05, 3.63) is 47.5 Å². The molecule has 0 saturated carbocycles. The molecule has 0 spiro atoms. The lowest BCUT2D eigenvalue weighted by atomic mass is 10.3. The molecule has 2 rings (SSSR count). The van der Waals surface area contributed by atoms with E-state index < -0.39 is 0 Å². The first-order chi connectivity index (χ1) is 9.15. The van der Waals surface area contributed by atoms with Crippen molar-refractivity contribution >= 4 is 17.5 Å². The van der Waals surface area contributed by atoms with Gasteiger partial charge in [0.15, 0.2) is 0 Å². The van der Waals surface area contributed by atoms with Gasteiger partial charge in [-0.25, -0.2) is 4.98 Å². The number of aromatic nitrogens is 2. The van der Waals surface area contributed by atoms with Crippen molar-refractivity contribution in [2.24, 2.45) is 7.05 Å². The second-order valence-electron chi connectivity index (χ2n) is 3.98. The average Bonchev–Trinajstić information content (AvgIpc) is 2.83. The first-order valence-corrected chi connectivity index (χ1v) is 6.17. The van der Waals surface area contributed by atoms with E-state index in [1.807, 2.05) is 7.05 Å². The average molecular weight is 280 g/mol. The molecule has 0 unspecified atom stereocenters. The Balaban J connectivity index is 1.72. The minimum Gasteiger partial charge on any atom is -0.492 e. The van der Waals surface area contributed by atoms with Crippen LogP contribution >= 0.6 is 11.6 Å². The van der Waals surface area contributed by atoms with E-state index in [4.69, 9.17) is 16.3 Å². The van der Waals surface area contributed by atoms with Gasteiger partial charge in [0.2, 0.25) is 0 Å². The van der Waals surface area contributed by atoms with Gasteiger partial charge < -0.3 is 14.6 Å². The van der Waals surface area contributed by atoms with Gasteiger partial charge in [0.05, 0.1) is 12.9 Å². The van der Waals surface area contributed by atoms with Gasteiger partial charge in [0.1, 0.15) is 18.1 Å². The molecule has 0 aliphatic carbocycles. The Kier molecular flexibility index (Phi) is 4.41. The van der Waals surface area contributed by atoms with Crippen LogP contribution in [0.1, 0.15) is 10.5 Å². The number of amides is 1. The highest BCUT2D eigenvalue weighted by Crippen LogP contribution is 2.15. The predicted octanol–water partition coefficient (Wildman–Crippen LogP) is 1.88. The summed E-state index contributed by atoms with van der Waals surface area (Å²) in [6.07, 6.45) is 3.24. The van der Waals surface area contributed by atoms with Gasteiger partial charge in [-0.2, -0.15) is 0 Å². The number of aryl methyl sites for hydroxylation is 1. The van der Waals surface area contributed by atoms with Gasteiger partial charge in [0.25, 0.3) is 5.91 Å². The largest absolute Gasteiger partial charge is 0.492 e. The number of carbonyl (C=O) groups excluding carboxylic acids is 1. The Labute approximate surface area is 116 Å². The van der Waals surface area contributed by atoms with Crippen LogP contribution in [0, 0.1) is 0 Å². The number of halogens is 1. The van der Waals surface area contributed by atoms with E-state index in [1.54, 1.807) is 41.4 Å². The second-order valence-corrected chi connectivity index (χ2v) is 4.42. The van der Waals surface area contributed by atoms with E-state index in [1.165, 1.54) is 0 Å². The summed E-state index contributed by atoms with van der Waals surface area (Å²) in [5.74, 6) is 0.511. The summed E-state index contributed by atoms with van der Waals surface area (Å²) >= 11 is 5.76. The molecule has 5 nitrogen and oxygen atoms in total. The molecule has 0 atom stereocenters. The lowest BCUT2D eigenvalue weighted by Crippen LogP contribution is -2.28. The van der Waals surface area contributed by atoms with Crippen LogP contribution in [0.15, 0.2) is 36.8 Å². The minimum atomic E-state index is -0.208. The van der Waals surface area contributed by atoms with Gasteiger partial charge in [-0.3, -0.25) is 4.79 Å². The molecule has 1 N–H and O–H groups in total. The summed E-state index contributed by atoms with van der Waals surface area (Å²) in [6.45, 7) is 0.804. The number of ether oxygens (including phenoxy) is 1. The van der Waals surface area contributed by atoms with Crippen LogP contribution in [-0.4, -0.2) is 28.6 Å². The van der Waals surface area contributed by atoms with E-state index in [2.05, 4.69) is 10.3 Å². The standard InChI is InChI=1S/C13H14ClN3O2/c1-17-8-12(16-9-17)13(18)15-6-7-19-11-4-2-10(14)3-5-11/h2-5,8-9H,6-7H2,1H3,(H,15,18). The lowest BCUT2D eigenvalue weighted by molar-refractivity contribution is 0.0942. The van der Waals surface area contributed by atoms with E-state index in [0.29, 0.717) is 23.9 Å². The van der Waals surface area contributed by atoms with Crippen molar-refractivity contribution in [1.82, 2.24) is 14.9 Å². The molecular weight excluding hydrogens is 266 g/mol. The number of benzene rings is 1. The maximum absolute atomic E-state index is 11.7. The number of hydrogen-bond donors (Lipinski definition) is 1. The SMILES string of the molecule is Cn1cnc(C(=O)NCCOc2ccc(Cl)cc2)c1. The fourth-order valence-corrected chi connectivity index (χ4v) is 1.61. The zero-order valence-corrected chi connectivity index (χ0v) is 11.2. The number of nitrogens with zero attached hydrogens (tertiary/aromatic N) is 2. The molecule has 0 aliphatic rings. The zero-order chi connectivity index (χ0) is 13.7. The van der Waals surface area contributed by atoms with E-state index in [0.717, 1.165) is 5.75 Å². The van der Waals surface area contributed by atoms with E-state index in [9.17, 15) is 4.79 Å². The van der Waals surface area contributed by atoms with Crippen LogP contribution in [0.2, 0.25) is 5.02 Å². The van der Waals surface area contributed by atoms with Crippen LogP contribution in [0.3, 0.4) is 0 Å². The summed E-state index contributed by atoms with van der Waals surface area (Å²) in [6, 6.07) is 7.07. The Bertz CT molecular complexity index is 551. The molecule has 6 heteroatoms. The van der Waals surface area contributed by atoms with Crippen molar-refractivity contribution in [3.63, 3.8) is 0 Å². The highest BCUT2D eigenvalue weighted by molar-refractivity contribution is 6.30. The summed E-state index contributed by atoms with van der Waals surface area (Å²) in [5.41, 5.74) is 0.397. The maximum Gasteiger partial charge on any atom is 0.271 e. The summed E-state index contributed by atoms with van der Waals surface area (Å²) in [5, 5.41) is 3.39. The van der Waals surface area contributed by atoms with Gasteiger partial charge in [-0.1, -0.05) is 11.6 Å². The van der Waals surface area contributed by atoms with Crippen molar-refractivity contribution in [3.8, 4) is 5.75 Å². The smallest absolute Gasteiger partial charge is 0.271 e. The fraction of sp³-hybridized carbons (Fsp3) is 0.231. The Morgan fingerprint density at radius 3 is 2.79 bits per heavy atom. The van der Waals surface area contributed by atoms with Crippen LogP contribution in [0.5, 0.6) is 5.75 Å². The first-order valence-electron chi connectivity index (χ1n) is 5.79. The highest BCUT2D eigenvalue weighted by Gasteiger charge is 2.07. The predicted molar refractivity (Wildman–Crippen MR) is 72.5 cm³/mol. The third-order valence-corrected chi connectivity index (χ3v) is 2.66. The van der Waals surface area contributed by atoms with Crippen molar-refractivity contribution in [2.45, 2.75) is 0 Å². The van der Waals surface area contributed by atoms with Gasteiger partial charge in [-0.05, 0) is 24.3 Å². The Morgan fingerprint density at radius 1 is 1.42 bits per heavy atom. The molecule has 0 bridgehead atoms. The lowest BCUT2D eigenvalue weighted by Gasteiger charge is -2.06. The van der Waals surface area contributed by atoms with Crippen LogP contribution < -0.4 is 10.1 Å². The fourth-order valence-electron chi connectivity index (χ4n) is 1.48. The van der Waals surface area contributed by atoms with Crippen molar-refractivity contribution in [2.75, 3.05) is 13.2 Å². The van der Waals surface area contributed by atoms with Crippen LogP contribution in [0.4, 0.5) is 0 Å². The maximum atomic E-state index is 11.7. The summed E-state index contributed by atoms with van der Waals surface area (Å²) in [7, 11) is 1.81. The molecule has 19 heavy (non-hydrogen) atoms. The van der Waals surface area contributed by atoms with Gasteiger partial charge >= 0.3 is 0 Å². The van der Waals surface area contributed by atoms with Gasteiger partial charge in [-0.15, -0.1) is 0 Å². The molecule has 1 aromatic carbocycles. The van der Waals surface area contributed by atoms with Crippen molar-refractivity contribution in [1.29, 1.82) is 0 Å². The molecular formula is C13H14ClN3O2. The third kappa shape index (κ3) is 3.99. The monoisotopic (exact) mass is 279 g/mol. The third-order valence-electron chi connectivity index (χ3n) is 2.41. The topological polar surface area (TPSA) is 56.2 Å². The second kappa shape index (κ2) is 6.24. The molecule has 100 valence electrons. The molecule has 1 amide bonds. The number of imidazole rings is 1. The highest BCUT2D eigenvalue weighted by atomic mass is 35.5. The molecule has 0 radical (unpaired) electrons. The van der Waals surface area contributed by atoms with Crippen molar-refractivity contribution < 1.29 is 9.53 Å². The molecule has 1 aromatic heterocycles. The normalized spacial score (nSPS) is 10.2. The van der Waals surface area contributed by atoms with Crippen LogP contribution in [0.25, 0.3) is 0 Å². The number of hydrogen-bond acceptors (Lipinski definition) is 3. The van der Waals surface area contributed by atoms with Gasteiger partial charge in [0, 0.05) is 18.3 Å². The summed E-state index contributed by atoms with van der Waals surface area (Å²) < 4.78 is 7.17. The Hall–Kier alpha value is -2.01. The summed E-state index contributed by atoms with van der Waals surface area (Å²) in [4.78, 5) is 15.6. The zero-order valence-electron chi connectivity index (χ0n) is 10.5. The molecule has 1 heterocycles. The van der Waals surface area contributed by atoms with E-state index in [-0.39, 0.29) is 5.91 Å². The molecule has 0 fully saturated rings. The minimum absolute atomic E-state index is 0.208. The Morgan fingerprint density at radius 2 is 2.16 bits per heavy atom. The van der Waals surface area contributed by atoms with E-state index >= 15 is 0 Å². The van der Waals surface area contributed by atoms with Crippen LogP contribution in [-0.2, 0) is 7.05 Å². The number of carbonyl (C=O) groups is 1. The first kappa shape index (κ1) is 13.4. The molecule has 2 aromatic rings. The molecule has 0 aliphatic heterocycles. The number of rotatable bonds is 5.